The highest BCUT2D eigenvalue weighted by Gasteiger charge is 2.01. The molecule has 0 amide bonds. The third-order valence-electron chi connectivity index (χ3n) is 2.96. The van der Waals surface area contributed by atoms with Gasteiger partial charge in [0.25, 0.3) is 0 Å². The summed E-state index contributed by atoms with van der Waals surface area (Å²) in [5.74, 6) is 3.85. The number of aryl methyl sites for hydroxylation is 3. The van der Waals surface area contributed by atoms with Gasteiger partial charge >= 0.3 is 0 Å². The molecule has 0 aliphatic carbocycles. The van der Waals surface area contributed by atoms with Crippen molar-refractivity contribution >= 4 is 11.8 Å². The van der Waals surface area contributed by atoms with E-state index >= 15 is 0 Å². The second-order valence-electron chi connectivity index (χ2n) is 4.95. The molecule has 1 aromatic carbocycles. The van der Waals surface area contributed by atoms with Gasteiger partial charge in [0.1, 0.15) is 11.5 Å². The predicted molar refractivity (Wildman–Crippen MR) is 83.4 cm³/mol. The topological polar surface area (TPSA) is 35.3 Å². The summed E-state index contributed by atoms with van der Waals surface area (Å²) < 4.78 is 10.9. The summed E-state index contributed by atoms with van der Waals surface area (Å²) in [6, 6.07) is 8.30. The Morgan fingerprint density at radius 3 is 2.80 bits per heavy atom. The van der Waals surface area contributed by atoms with Crippen LogP contribution in [0.5, 0.6) is 5.75 Å². The first-order valence-electron chi connectivity index (χ1n) is 6.85. The van der Waals surface area contributed by atoms with Gasteiger partial charge in [0.2, 0.25) is 0 Å². The van der Waals surface area contributed by atoms with Gasteiger partial charge in [-0.15, -0.1) is 0 Å². The quantitative estimate of drug-likeness (QED) is 0.712. The van der Waals surface area contributed by atoms with Gasteiger partial charge in [-0.2, -0.15) is 11.8 Å². The van der Waals surface area contributed by atoms with E-state index < -0.39 is 0 Å². The van der Waals surface area contributed by atoms with E-state index in [0.29, 0.717) is 0 Å². The van der Waals surface area contributed by atoms with Gasteiger partial charge in [-0.05, 0) is 50.1 Å². The average molecular weight is 291 g/mol. The highest BCUT2D eigenvalue weighted by atomic mass is 32.2. The van der Waals surface area contributed by atoms with E-state index in [9.17, 15) is 0 Å². The fourth-order valence-electron chi connectivity index (χ4n) is 1.87. The predicted octanol–water partition coefficient (Wildman–Crippen LogP) is 4.30. The van der Waals surface area contributed by atoms with Crippen LogP contribution in [0.15, 0.2) is 28.8 Å². The number of nitrogens with zero attached hydrogens (tertiary/aromatic N) is 1. The first kappa shape index (κ1) is 15.0. The van der Waals surface area contributed by atoms with E-state index in [0.717, 1.165) is 41.7 Å². The summed E-state index contributed by atoms with van der Waals surface area (Å²) >= 11 is 1.86. The van der Waals surface area contributed by atoms with E-state index in [1.165, 1.54) is 11.1 Å². The largest absolute Gasteiger partial charge is 0.493 e. The van der Waals surface area contributed by atoms with Gasteiger partial charge in [0, 0.05) is 11.8 Å². The van der Waals surface area contributed by atoms with Gasteiger partial charge in [-0.25, -0.2) is 0 Å². The lowest BCUT2D eigenvalue weighted by Crippen LogP contribution is -2.00. The lowest BCUT2D eigenvalue weighted by atomic mass is 10.1. The fraction of sp³-hybridized carbons (Fsp3) is 0.438. The second-order valence-corrected chi connectivity index (χ2v) is 6.06. The van der Waals surface area contributed by atoms with E-state index in [2.05, 4.69) is 37.2 Å². The molecule has 0 spiro atoms. The molecule has 108 valence electrons. The van der Waals surface area contributed by atoms with Crippen molar-refractivity contribution in [2.24, 2.45) is 0 Å². The maximum absolute atomic E-state index is 5.83. The number of hydrogen-bond acceptors (Lipinski definition) is 4. The fourth-order valence-corrected chi connectivity index (χ4v) is 2.68. The second kappa shape index (κ2) is 7.39. The minimum atomic E-state index is 0.759. The SMILES string of the molecule is Cc1ccc(C)c(OCCCSCc2cc(C)on2)c1. The summed E-state index contributed by atoms with van der Waals surface area (Å²) in [7, 11) is 0. The molecule has 3 nitrogen and oxygen atoms in total. The van der Waals surface area contributed by atoms with Crippen molar-refractivity contribution in [2.45, 2.75) is 32.9 Å². The van der Waals surface area contributed by atoms with E-state index in [-0.39, 0.29) is 0 Å². The molecule has 0 radical (unpaired) electrons. The zero-order valence-electron chi connectivity index (χ0n) is 12.3. The maximum atomic E-state index is 5.83. The van der Waals surface area contributed by atoms with Crippen LogP contribution in [-0.2, 0) is 5.75 Å². The van der Waals surface area contributed by atoms with Crippen molar-refractivity contribution in [3.05, 3.63) is 46.8 Å². The normalized spacial score (nSPS) is 10.8. The lowest BCUT2D eigenvalue weighted by molar-refractivity contribution is 0.316. The van der Waals surface area contributed by atoms with Crippen molar-refractivity contribution in [1.29, 1.82) is 0 Å². The van der Waals surface area contributed by atoms with Gasteiger partial charge in [0.05, 0.1) is 12.3 Å². The summed E-state index contributed by atoms with van der Waals surface area (Å²) in [6.07, 6.45) is 1.04. The highest BCUT2D eigenvalue weighted by Crippen LogP contribution is 2.19. The van der Waals surface area contributed by atoms with Crippen molar-refractivity contribution < 1.29 is 9.26 Å². The first-order chi connectivity index (χ1) is 9.65. The zero-order valence-corrected chi connectivity index (χ0v) is 13.1. The number of thioether (sulfide) groups is 1. The minimum Gasteiger partial charge on any atom is -0.493 e. The van der Waals surface area contributed by atoms with Gasteiger partial charge in [-0.1, -0.05) is 17.3 Å². The van der Waals surface area contributed by atoms with Crippen LogP contribution in [0.1, 0.15) is 29.0 Å². The van der Waals surface area contributed by atoms with Crippen LogP contribution >= 0.6 is 11.8 Å². The summed E-state index contributed by atoms with van der Waals surface area (Å²) in [6.45, 7) is 6.84. The minimum absolute atomic E-state index is 0.759. The lowest BCUT2D eigenvalue weighted by Gasteiger charge is -2.09. The van der Waals surface area contributed by atoms with Crippen molar-refractivity contribution in [3.63, 3.8) is 0 Å². The Hall–Kier alpha value is -1.42. The molecule has 20 heavy (non-hydrogen) atoms. The summed E-state index contributed by atoms with van der Waals surface area (Å²) in [5, 5.41) is 3.98. The molecule has 0 aliphatic heterocycles. The molecule has 2 aromatic rings. The summed E-state index contributed by atoms with van der Waals surface area (Å²) in [5.41, 5.74) is 3.45. The molecule has 2 rings (SSSR count). The Balaban J connectivity index is 1.63. The number of aromatic nitrogens is 1. The number of rotatable bonds is 7. The van der Waals surface area contributed by atoms with Crippen LogP contribution in [0.2, 0.25) is 0 Å². The molecular formula is C16H21NO2S. The van der Waals surface area contributed by atoms with Gasteiger partial charge in [0.15, 0.2) is 0 Å². The van der Waals surface area contributed by atoms with Crippen molar-refractivity contribution in [3.8, 4) is 5.75 Å². The van der Waals surface area contributed by atoms with Crippen LogP contribution in [0, 0.1) is 20.8 Å². The van der Waals surface area contributed by atoms with E-state index in [1.54, 1.807) is 0 Å². The molecule has 0 N–H and O–H groups in total. The molecule has 0 unspecified atom stereocenters. The molecule has 0 saturated heterocycles. The molecule has 0 atom stereocenters. The molecule has 4 heteroatoms. The maximum Gasteiger partial charge on any atom is 0.133 e. The van der Waals surface area contributed by atoms with Crippen LogP contribution in [-0.4, -0.2) is 17.5 Å². The molecular weight excluding hydrogens is 270 g/mol. The Bertz CT molecular complexity index is 551. The Labute approximate surface area is 124 Å². The number of hydrogen-bond donors (Lipinski definition) is 0. The average Bonchev–Trinajstić information content (AvgIpc) is 2.83. The van der Waals surface area contributed by atoms with Gasteiger partial charge in [-0.3, -0.25) is 0 Å². The van der Waals surface area contributed by atoms with Crippen LogP contribution in [0.25, 0.3) is 0 Å². The third kappa shape index (κ3) is 4.60. The van der Waals surface area contributed by atoms with Crippen molar-refractivity contribution in [2.75, 3.05) is 12.4 Å². The first-order valence-corrected chi connectivity index (χ1v) is 8.00. The van der Waals surface area contributed by atoms with Crippen LogP contribution in [0.4, 0.5) is 0 Å². The summed E-state index contributed by atoms with van der Waals surface area (Å²) in [4.78, 5) is 0. The van der Waals surface area contributed by atoms with Crippen LogP contribution < -0.4 is 4.74 Å². The highest BCUT2D eigenvalue weighted by molar-refractivity contribution is 7.98. The monoisotopic (exact) mass is 291 g/mol. The molecule has 0 aliphatic rings. The van der Waals surface area contributed by atoms with Gasteiger partial charge < -0.3 is 9.26 Å². The van der Waals surface area contributed by atoms with Crippen LogP contribution in [0.3, 0.4) is 0 Å². The smallest absolute Gasteiger partial charge is 0.133 e. The Kier molecular flexibility index (Phi) is 5.53. The third-order valence-corrected chi connectivity index (χ3v) is 4.04. The number of benzene rings is 1. The Morgan fingerprint density at radius 1 is 1.20 bits per heavy atom. The zero-order chi connectivity index (χ0) is 14.4. The molecule has 1 heterocycles. The van der Waals surface area contributed by atoms with E-state index in [4.69, 9.17) is 9.26 Å². The molecule has 0 fully saturated rings. The molecule has 0 bridgehead atoms. The Morgan fingerprint density at radius 2 is 2.05 bits per heavy atom. The van der Waals surface area contributed by atoms with E-state index in [1.807, 2.05) is 24.8 Å². The van der Waals surface area contributed by atoms with Crippen molar-refractivity contribution in [1.82, 2.24) is 5.16 Å². The standard InChI is InChI=1S/C16H21NO2S/c1-12-5-6-13(2)16(9-12)18-7-4-8-20-11-15-10-14(3)19-17-15/h5-6,9-10H,4,7-8,11H2,1-3H3. The molecule has 0 saturated carbocycles. The number of ether oxygens (including phenoxy) is 1. The molecule has 1 aromatic heterocycles.